The van der Waals surface area contributed by atoms with E-state index in [1.54, 1.807) is 6.20 Å². The van der Waals surface area contributed by atoms with Crippen LogP contribution in [0.4, 0.5) is 10.2 Å². The Morgan fingerprint density at radius 2 is 2.12 bits per heavy atom. The lowest BCUT2D eigenvalue weighted by molar-refractivity contribution is -0.117. The number of rotatable bonds is 9. The molecule has 0 saturated heterocycles. The van der Waals surface area contributed by atoms with E-state index in [0.29, 0.717) is 24.2 Å². The molecule has 32 heavy (non-hydrogen) atoms. The van der Waals surface area contributed by atoms with Crippen LogP contribution in [0.3, 0.4) is 0 Å². The molecule has 0 aromatic carbocycles. The number of nitrogens with zero attached hydrogens (tertiary/aromatic N) is 1. The Morgan fingerprint density at radius 1 is 1.38 bits per heavy atom. The number of anilines is 1. The molecule has 0 radical (unpaired) electrons. The molecule has 1 amide bonds. The summed E-state index contributed by atoms with van der Waals surface area (Å²) in [4.78, 5) is 16.4. The standard InChI is InChI=1S/C27H36FN3O/c1-6-8-10-20(23-16-29-25(11-19(23)5)17(3)9-7-2)13-21-15-30-26(12-18(21)4)31-27(32)22-14-24(22)28/h8,10-13,15-17,22,24-25,29H,6-7,9,14H2,1-5H3,(H,30,31,32)/b10-8+,20-13+. The summed E-state index contributed by atoms with van der Waals surface area (Å²) in [7, 11) is 0. The van der Waals surface area contributed by atoms with Crippen LogP contribution in [0.25, 0.3) is 6.08 Å². The Labute approximate surface area is 191 Å². The summed E-state index contributed by atoms with van der Waals surface area (Å²) in [5, 5.41) is 6.32. The largest absolute Gasteiger partial charge is 0.384 e. The molecule has 1 aliphatic carbocycles. The van der Waals surface area contributed by atoms with Gasteiger partial charge in [0.2, 0.25) is 5.91 Å². The van der Waals surface area contributed by atoms with Crippen molar-refractivity contribution in [3.63, 3.8) is 0 Å². The summed E-state index contributed by atoms with van der Waals surface area (Å²) >= 11 is 0. The Hall–Kier alpha value is -2.69. The molecule has 5 heteroatoms. The molecule has 0 bridgehead atoms. The Morgan fingerprint density at radius 3 is 2.72 bits per heavy atom. The van der Waals surface area contributed by atoms with Crippen LogP contribution in [0.2, 0.25) is 0 Å². The van der Waals surface area contributed by atoms with E-state index in [4.69, 9.17) is 0 Å². The van der Waals surface area contributed by atoms with Crippen molar-refractivity contribution in [2.24, 2.45) is 11.8 Å². The second-order valence-electron chi connectivity index (χ2n) is 9.05. The van der Waals surface area contributed by atoms with Gasteiger partial charge in [-0.05, 0) is 73.4 Å². The molecule has 3 rings (SSSR count). The van der Waals surface area contributed by atoms with Crippen LogP contribution in [-0.2, 0) is 4.79 Å². The molecular formula is C27H36FN3O. The number of nitrogens with one attached hydrogen (secondary N) is 2. The SMILES string of the molecule is CC/C=C/C(=C\c1cnc(NC(=O)C2CC2F)cc1C)C1=CNC(C(C)CCC)C=C1C. The molecule has 0 spiro atoms. The summed E-state index contributed by atoms with van der Waals surface area (Å²) < 4.78 is 13.1. The number of hydrogen-bond acceptors (Lipinski definition) is 3. The van der Waals surface area contributed by atoms with Gasteiger partial charge < -0.3 is 10.6 Å². The molecule has 2 heterocycles. The summed E-state index contributed by atoms with van der Waals surface area (Å²) in [5.74, 6) is 0.248. The van der Waals surface area contributed by atoms with Gasteiger partial charge in [0.05, 0.1) is 5.92 Å². The first-order valence-electron chi connectivity index (χ1n) is 11.8. The Kier molecular flexibility index (Phi) is 8.05. The molecule has 4 nitrogen and oxygen atoms in total. The normalized spacial score (nSPS) is 23.9. The first-order chi connectivity index (χ1) is 15.3. The third-order valence-corrected chi connectivity index (χ3v) is 6.24. The maximum atomic E-state index is 13.1. The van der Waals surface area contributed by atoms with Gasteiger partial charge in [-0.15, -0.1) is 0 Å². The number of halogens is 1. The van der Waals surface area contributed by atoms with Crippen LogP contribution in [-0.4, -0.2) is 23.1 Å². The van der Waals surface area contributed by atoms with Gasteiger partial charge in [-0.2, -0.15) is 0 Å². The lowest BCUT2D eigenvalue weighted by atomic mass is 9.88. The van der Waals surface area contributed by atoms with E-state index in [0.717, 1.165) is 23.1 Å². The Balaban J connectivity index is 1.81. The molecule has 1 aliphatic heterocycles. The number of carbonyl (C=O) groups excluding carboxylic acids is 1. The van der Waals surface area contributed by atoms with Crippen LogP contribution in [0.1, 0.15) is 64.5 Å². The average Bonchev–Trinajstić information content (AvgIpc) is 3.49. The third-order valence-electron chi connectivity index (χ3n) is 6.24. The predicted molar refractivity (Wildman–Crippen MR) is 131 cm³/mol. The number of aromatic nitrogens is 1. The summed E-state index contributed by atoms with van der Waals surface area (Å²) in [5.41, 5.74) is 5.56. The summed E-state index contributed by atoms with van der Waals surface area (Å²) in [6.07, 6.45) is 15.3. The van der Waals surface area contributed by atoms with E-state index in [1.165, 1.54) is 24.0 Å². The molecule has 2 aliphatic rings. The van der Waals surface area contributed by atoms with E-state index >= 15 is 0 Å². The first kappa shape index (κ1) is 24.0. The van der Waals surface area contributed by atoms with Gasteiger partial charge in [-0.25, -0.2) is 9.37 Å². The second kappa shape index (κ2) is 10.8. The number of dihydropyridines is 1. The molecule has 1 fully saturated rings. The van der Waals surface area contributed by atoms with Crippen LogP contribution in [0.15, 0.2) is 53.4 Å². The van der Waals surface area contributed by atoms with Gasteiger partial charge in [0.1, 0.15) is 12.0 Å². The van der Waals surface area contributed by atoms with Crippen molar-refractivity contribution in [2.75, 3.05) is 5.32 Å². The molecule has 4 unspecified atom stereocenters. The zero-order valence-corrected chi connectivity index (χ0v) is 19.9. The van der Waals surface area contributed by atoms with Crippen LogP contribution in [0.5, 0.6) is 0 Å². The Bertz CT molecular complexity index is 960. The zero-order valence-electron chi connectivity index (χ0n) is 19.9. The fraction of sp³-hybridized carbons (Fsp3) is 0.481. The summed E-state index contributed by atoms with van der Waals surface area (Å²) in [6, 6.07) is 2.20. The van der Waals surface area contributed by atoms with Gasteiger partial charge >= 0.3 is 0 Å². The van der Waals surface area contributed by atoms with Crippen LogP contribution in [0, 0.1) is 18.8 Å². The first-order valence-corrected chi connectivity index (χ1v) is 11.8. The van der Waals surface area contributed by atoms with Crippen molar-refractivity contribution in [3.8, 4) is 0 Å². The number of hydrogen-bond donors (Lipinski definition) is 2. The number of aryl methyl sites for hydroxylation is 1. The monoisotopic (exact) mass is 437 g/mol. The third kappa shape index (κ3) is 5.96. The van der Waals surface area contributed by atoms with Crippen molar-refractivity contribution in [1.29, 1.82) is 0 Å². The molecule has 1 saturated carbocycles. The van der Waals surface area contributed by atoms with Gasteiger partial charge in [-0.1, -0.05) is 45.4 Å². The minimum Gasteiger partial charge on any atom is -0.384 e. The zero-order chi connectivity index (χ0) is 23.3. The topological polar surface area (TPSA) is 54.0 Å². The highest BCUT2D eigenvalue weighted by Gasteiger charge is 2.43. The molecule has 2 N–H and O–H groups in total. The average molecular weight is 438 g/mol. The highest BCUT2D eigenvalue weighted by Crippen LogP contribution is 2.34. The summed E-state index contributed by atoms with van der Waals surface area (Å²) in [6.45, 7) is 10.8. The molecular weight excluding hydrogens is 401 g/mol. The smallest absolute Gasteiger partial charge is 0.231 e. The van der Waals surface area contributed by atoms with E-state index in [-0.39, 0.29) is 5.91 Å². The van der Waals surface area contributed by atoms with Crippen molar-refractivity contribution in [2.45, 2.75) is 72.5 Å². The van der Waals surface area contributed by atoms with Crippen molar-refractivity contribution in [1.82, 2.24) is 10.3 Å². The quantitative estimate of drug-likeness (QED) is 0.447. The predicted octanol–water partition coefficient (Wildman–Crippen LogP) is 6.27. The fourth-order valence-electron chi connectivity index (χ4n) is 4.04. The van der Waals surface area contributed by atoms with Crippen LogP contribution >= 0.6 is 0 Å². The number of carbonyl (C=O) groups is 1. The minimum atomic E-state index is -1.01. The van der Waals surface area contributed by atoms with Crippen molar-refractivity contribution < 1.29 is 9.18 Å². The minimum absolute atomic E-state index is 0.287. The number of pyridine rings is 1. The van der Waals surface area contributed by atoms with Gasteiger partial charge in [0.15, 0.2) is 0 Å². The number of allylic oxidation sites excluding steroid dienone is 5. The number of alkyl halides is 1. The molecule has 1 aromatic rings. The van der Waals surface area contributed by atoms with Crippen molar-refractivity contribution in [3.05, 3.63) is 64.5 Å². The molecule has 1 aromatic heterocycles. The van der Waals surface area contributed by atoms with Gasteiger partial charge in [0, 0.05) is 24.0 Å². The lowest BCUT2D eigenvalue weighted by Gasteiger charge is -2.27. The van der Waals surface area contributed by atoms with E-state index in [9.17, 15) is 9.18 Å². The van der Waals surface area contributed by atoms with Crippen LogP contribution < -0.4 is 10.6 Å². The van der Waals surface area contributed by atoms with Gasteiger partial charge in [-0.3, -0.25) is 4.79 Å². The maximum absolute atomic E-state index is 13.1. The lowest BCUT2D eigenvalue weighted by Crippen LogP contribution is -2.32. The van der Waals surface area contributed by atoms with E-state index in [1.807, 2.05) is 13.0 Å². The number of amides is 1. The van der Waals surface area contributed by atoms with Crippen molar-refractivity contribution >= 4 is 17.8 Å². The fourth-order valence-corrected chi connectivity index (χ4v) is 4.04. The second-order valence-corrected chi connectivity index (χ2v) is 9.05. The highest BCUT2D eigenvalue weighted by atomic mass is 19.1. The van der Waals surface area contributed by atoms with Gasteiger partial charge in [0.25, 0.3) is 0 Å². The van der Waals surface area contributed by atoms with E-state index < -0.39 is 12.1 Å². The van der Waals surface area contributed by atoms with E-state index in [2.05, 4.69) is 73.8 Å². The molecule has 4 atom stereocenters. The highest BCUT2D eigenvalue weighted by molar-refractivity contribution is 5.94. The maximum Gasteiger partial charge on any atom is 0.231 e. The molecule has 172 valence electrons.